The minimum absolute atomic E-state index is 0.0704. The normalized spacial score (nSPS) is 21.1. The maximum Gasteiger partial charge on any atom is 0.308 e. The van der Waals surface area contributed by atoms with Crippen LogP contribution in [0.3, 0.4) is 0 Å². The van der Waals surface area contributed by atoms with E-state index in [1.54, 1.807) is 0 Å². The van der Waals surface area contributed by atoms with E-state index >= 15 is 0 Å². The third-order valence-corrected chi connectivity index (χ3v) is 4.36. The van der Waals surface area contributed by atoms with Crippen molar-refractivity contribution in [2.75, 3.05) is 20.3 Å². The average Bonchev–Trinajstić information content (AvgIpc) is 2.61. The lowest BCUT2D eigenvalue weighted by atomic mass is 9.87. The molecule has 128 valence electrons. The zero-order valence-corrected chi connectivity index (χ0v) is 14.0. The summed E-state index contributed by atoms with van der Waals surface area (Å²) in [5.74, 6) is 0.00486. The highest BCUT2D eigenvalue weighted by molar-refractivity contribution is 5.72. The molecule has 4 nitrogen and oxygen atoms in total. The molecular formula is C19H28O4. The van der Waals surface area contributed by atoms with E-state index in [0.717, 1.165) is 51.7 Å². The minimum atomic E-state index is -0.0704. The number of carbonyl (C=O) groups is 1. The van der Waals surface area contributed by atoms with Crippen LogP contribution in [0.4, 0.5) is 0 Å². The maximum atomic E-state index is 11.5. The molecule has 1 fully saturated rings. The molecule has 0 amide bonds. The molecule has 1 aliphatic carbocycles. The topological polar surface area (TPSA) is 44.8 Å². The van der Waals surface area contributed by atoms with E-state index in [1.165, 1.54) is 12.7 Å². The molecule has 23 heavy (non-hydrogen) atoms. The first-order valence-corrected chi connectivity index (χ1v) is 8.60. The number of ether oxygens (including phenoxy) is 3. The Hall–Kier alpha value is -1.39. The van der Waals surface area contributed by atoms with E-state index in [0.29, 0.717) is 12.7 Å². The standard InChI is InChI=1S/C19H28O4/c1-21-19(20)17-9-11-18(12-10-17)23-14-6-5-13-22-15-16-7-3-2-4-8-16/h2-4,7-8,17-18H,5-6,9-15H2,1H3/t17-,18+. The smallest absolute Gasteiger partial charge is 0.308 e. The quantitative estimate of drug-likeness (QED) is 0.514. The number of carbonyl (C=O) groups excluding carboxylic acids is 1. The molecule has 0 heterocycles. The summed E-state index contributed by atoms with van der Waals surface area (Å²) in [6.07, 6.45) is 6.04. The molecule has 0 unspecified atom stereocenters. The van der Waals surface area contributed by atoms with Gasteiger partial charge in [0.05, 0.1) is 25.7 Å². The monoisotopic (exact) mass is 320 g/mol. The van der Waals surface area contributed by atoms with Crippen LogP contribution in [0.25, 0.3) is 0 Å². The number of unbranched alkanes of at least 4 members (excludes halogenated alkanes) is 1. The molecule has 4 heteroatoms. The van der Waals surface area contributed by atoms with Crippen molar-refractivity contribution in [2.45, 2.75) is 51.2 Å². The van der Waals surface area contributed by atoms with Gasteiger partial charge in [-0.05, 0) is 44.1 Å². The highest BCUT2D eigenvalue weighted by Gasteiger charge is 2.26. The Labute approximate surface area is 139 Å². The predicted octanol–water partition coefficient (Wildman–Crippen LogP) is 3.73. The van der Waals surface area contributed by atoms with Crippen molar-refractivity contribution in [1.29, 1.82) is 0 Å². The summed E-state index contributed by atoms with van der Waals surface area (Å²) in [5, 5.41) is 0. The van der Waals surface area contributed by atoms with E-state index in [2.05, 4.69) is 12.1 Å². The third kappa shape index (κ3) is 6.71. The summed E-state index contributed by atoms with van der Waals surface area (Å²) in [4.78, 5) is 11.5. The number of hydrogen-bond acceptors (Lipinski definition) is 4. The highest BCUT2D eigenvalue weighted by Crippen LogP contribution is 2.27. The molecule has 1 aliphatic rings. The number of hydrogen-bond donors (Lipinski definition) is 0. The van der Waals surface area contributed by atoms with Crippen molar-refractivity contribution in [1.82, 2.24) is 0 Å². The lowest BCUT2D eigenvalue weighted by molar-refractivity contribution is -0.147. The molecular weight excluding hydrogens is 292 g/mol. The molecule has 0 radical (unpaired) electrons. The van der Waals surface area contributed by atoms with Crippen LogP contribution in [0.5, 0.6) is 0 Å². The molecule has 0 aromatic heterocycles. The van der Waals surface area contributed by atoms with Gasteiger partial charge >= 0.3 is 5.97 Å². The lowest BCUT2D eigenvalue weighted by Gasteiger charge is -2.26. The van der Waals surface area contributed by atoms with E-state index < -0.39 is 0 Å². The van der Waals surface area contributed by atoms with Crippen LogP contribution in [0.15, 0.2) is 30.3 Å². The van der Waals surface area contributed by atoms with Gasteiger partial charge in [0.15, 0.2) is 0 Å². The molecule has 0 spiro atoms. The lowest BCUT2D eigenvalue weighted by Crippen LogP contribution is -2.27. The molecule has 0 saturated heterocycles. The van der Waals surface area contributed by atoms with Gasteiger partial charge in [0, 0.05) is 13.2 Å². The second kappa shape index (κ2) is 10.4. The van der Waals surface area contributed by atoms with Gasteiger partial charge in [-0.3, -0.25) is 4.79 Å². The molecule has 0 aliphatic heterocycles. The first-order valence-electron chi connectivity index (χ1n) is 8.60. The van der Waals surface area contributed by atoms with Crippen molar-refractivity contribution in [3.05, 3.63) is 35.9 Å². The Bertz CT molecular complexity index is 438. The zero-order chi connectivity index (χ0) is 16.3. The SMILES string of the molecule is COC(=O)[C@H]1CC[C@@H](OCCCCOCc2ccccc2)CC1. The highest BCUT2D eigenvalue weighted by atomic mass is 16.5. The van der Waals surface area contributed by atoms with Gasteiger partial charge in [0.2, 0.25) is 0 Å². The summed E-state index contributed by atoms with van der Waals surface area (Å²) in [7, 11) is 1.46. The van der Waals surface area contributed by atoms with E-state index in [1.807, 2.05) is 18.2 Å². The molecule has 2 rings (SSSR count). The predicted molar refractivity (Wildman–Crippen MR) is 89.0 cm³/mol. The van der Waals surface area contributed by atoms with E-state index in [4.69, 9.17) is 14.2 Å². The maximum absolute atomic E-state index is 11.5. The third-order valence-electron chi connectivity index (χ3n) is 4.36. The van der Waals surface area contributed by atoms with Crippen LogP contribution >= 0.6 is 0 Å². The number of benzene rings is 1. The first kappa shape index (κ1) is 18.0. The molecule has 0 bridgehead atoms. The van der Waals surface area contributed by atoms with Crippen LogP contribution in [-0.4, -0.2) is 32.4 Å². The van der Waals surface area contributed by atoms with Gasteiger partial charge in [-0.2, -0.15) is 0 Å². The Balaban J connectivity index is 1.45. The summed E-state index contributed by atoms with van der Waals surface area (Å²) >= 11 is 0. The molecule has 1 saturated carbocycles. The number of methoxy groups -OCH3 is 1. The molecule has 1 aromatic carbocycles. The summed E-state index contributed by atoms with van der Waals surface area (Å²) in [6, 6.07) is 10.2. The van der Waals surface area contributed by atoms with Crippen molar-refractivity contribution >= 4 is 5.97 Å². The summed E-state index contributed by atoms with van der Waals surface area (Å²) in [6.45, 7) is 2.23. The Morgan fingerprint density at radius 2 is 1.74 bits per heavy atom. The molecule has 0 atom stereocenters. The fraction of sp³-hybridized carbons (Fsp3) is 0.632. The summed E-state index contributed by atoms with van der Waals surface area (Å²) < 4.78 is 16.4. The van der Waals surface area contributed by atoms with E-state index in [-0.39, 0.29) is 11.9 Å². The van der Waals surface area contributed by atoms with Gasteiger partial charge in [-0.15, -0.1) is 0 Å². The molecule has 1 aromatic rings. The average molecular weight is 320 g/mol. The van der Waals surface area contributed by atoms with Gasteiger partial charge in [0.1, 0.15) is 0 Å². The van der Waals surface area contributed by atoms with Crippen LogP contribution in [-0.2, 0) is 25.6 Å². The second-order valence-corrected chi connectivity index (χ2v) is 6.11. The van der Waals surface area contributed by atoms with Crippen LogP contribution < -0.4 is 0 Å². The van der Waals surface area contributed by atoms with E-state index in [9.17, 15) is 4.79 Å². The van der Waals surface area contributed by atoms with Gasteiger partial charge in [-0.1, -0.05) is 30.3 Å². The number of esters is 1. The molecule has 0 N–H and O–H groups in total. The Kier molecular flexibility index (Phi) is 8.12. The van der Waals surface area contributed by atoms with Gasteiger partial charge in [0.25, 0.3) is 0 Å². The van der Waals surface area contributed by atoms with Crippen LogP contribution in [0, 0.1) is 5.92 Å². The Morgan fingerprint density at radius 3 is 2.43 bits per heavy atom. The van der Waals surface area contributed by atoms with Crippen LogP contribution in [0.1, 0.15) is 44.1 Å². The zero-order valence-electron chi connectivity index (χ0n) is 14.0. The van der Waals surface area contributed by atoms with Gasteiger partial charge < -0.3 is 14.2 Å². The van der Waals surface area contributed by atoms with Crippen molar-refractivity contribution in [2.24, 2.45) is 5.92 Å². The van der Waals surface area contributed by atoms with Gasteiger partial charge in [-0.25, -0.2) is 0 Å². The van der Waals surface area contributed by atoms with Crippen LogP contribution in [0.2, 0.25) is 0 Å². The van der Waals surface area contributed by atoms with Crippen molar-refractivity contribution in [3.63, 3.8) is 0 Å². The largest absolute Gasteiger partial charge is 0.469 e. The fourth-order valence-electron chi connectivity index (χ4n) is 2.95. The Morgan fingerprint density at radius 1 is 1.04 bits per heavy atom. The first-order chi connectivity index (χ1) is 11.3. The number of rotatable bonds is 9. The van der Waals surface area contributed by atoms with Crippen molar-refractivity contribution < 1.29 is 19.0 Å². The minimum Gasteiger partial charge on any atom is -0.469 e. The van der Waals surface area contributed by atoms with Crippen molar-refractivity contribution in [3.8, 4) is 0 Å². The fourth-order valence-corrected chi connectivity index (χ4v) is 2.95. The second-order valence-electron chi connectivity index (χ2n) is 6.11. The summed E-state index contributed by atoms with van der Waals surface area (Å²) in [5.41, 5.74) is 1.21.